The number of aryl methyl sites for hydroxylation is 1. The Morgan fingerprint density at radius 3 is 2.89 bits per heavy atom. The number of aromatic nitrogens is 2. The zero-order valence-corrected chi connectivity index (χ0v) is 10.4. The number of carboxylic acid groups (broad SMARTS) is 1. The second-order valence-electron chi connectivity index (χ2n) is 4.65. The second kappa shape index (κ2) is 5.20. The highest BCUT2D eigenvalue weighted by molar-refractivity contribution is 5.94. The van der Waals surface area contributed by atoms with Gasteiger partial charge in [0.05, 0.1) is 18.2 Å². The number of hydrogen-bond donors (Lipinski definition) is 1. The Labute approximate surface area is 105 Å². The molecule has 18 heavy (non-hydrogen) atoms. The van der Waals surface area contributed by atoms with Crippen molar-refractivity contribution in [2.24, 2.45) is 7.05 Å². The topological polar surface area (TPSA) is 75.4 Å². The Balaban J connectivity index is 2.13. The lowest BCUT2D eigenvalue weighted by atomic mass is 9.98. The molecule has 1 saturated heterocycles. The van der Waals surface area contributed by atoms with E-state index in [9.17, 15) is 9.59 Å². The normalized spacial score (nSPS) is 19.8. The number of piperidine rings is 1. The van der Waals surface area contributed by atoms with Gasteiger partial charge in [-0.05, 0) is 19.3 Å². The van der Waals surface area contributed by atoms with Crippen LogP contribution in [-0.4, -0.2) is 44.3 Å². The molecule has 0 radical (unpaired) electrons. The van der Waals surface area contributed by atoms with E-state index >= 15 is 0 Å². The molecule has 0 aliphatic carbocycles. The summed E-state index contributed by atoms with van der Waals surface area (Å²) in [7, 11) is 1.75. The summed E-state index contributed by atoms with van der Waals surface area (Å²) in [5.41, 5.74) is 0.523. The van der Waals surface area contributed by atoms with Crippen molar-refractivity contribution in [3.05, 3.63) is 18.0 Å². The molecule has 1 N–H and O–H groups in total. The van der Waals surface area contributed by atoms with Crippen LogP contribution in [0.5, 0.6) is 0 Å². The van der Waals surface area contributed by atoms with Gasteiger partial charge >= 0.3 is 5.97 Å². The number of likely N-dealkylation sites (tertiary alicyclic amines) is 1. The molecule has 6 nitrogen and oxygen atoms in total. The van der Waals surface area contributed by atoms with E-state index < -0.39 is 5.97 Å². The molecule has 0 spiro atoms. The number of carbonyl (C=O) groups excluding carboxylic acids is 1. The van der Waals surface area contributed by atoms with Crippen molar-refractivity contribution in [3.8, 4) is 0 Å². The lowest BCUT2D eigenvalue weighted by Gasteiger charge is -2.34. The number of nitrogens with zero attached hydrogens (tertiary/aromatic N) is 3. The molecule has 1 aliphatic rings. The summed E-state index contributed by atoms with van der Waals surface area (Å²) in [4.78, 5) is 24.8. The summed E-state index contributed by atoms with van der Waals surface area (Å²) in [6.07, 6.45) is 5.88. The molecule has 0 saturated carbocycles. The fourth-order valence-corrected chi connectivity index (χ4v) is 2.38. The van der Waals surface area contributed by atoms with Gasteiger partial charge in [-0.3, -0.25) is 14.3 Å². The van der Waals surface area contributed by atoms with Crippen molar-refractivity contribution in [1.29, 1.82) is 0 Å². The molecule has 1 amide bonds. The standard InChI is InChI=1S/C12H17N3O3/c1-14-8-9(7-13-14)12(18)15-5-3-2-4-10(15)6-11(16)17/h7-8,10H,2-6H2,1H3,(H,16,17). The van der Waals surface area contributed by atoms with Gasteiger partial charge in [-0.2, -0.15) is 5.10 Å². The van der Waals surface area contributed by atoms with E-state index in [0.29, 0.717) is 12.1 Å². The fraction of sp³-hybridized carbons (Fsp3) is 0.583. The predicted molar refractivity (Wildman–Crippen MR) is 64.1 cm³/mol. The van der Waals surface area contributed by atoms with Crippen molar-refractivity contribution in [2.45, 2.75) is 31.7 Å². The molecule has 1 aromatic rings. The monoisotopic (exact) mass is 251 g/mol. The van der Waals surface area contributed by atoms with Gasteiger partial charge < -0.3 is 10.0 Å². The minimum absolute atomic E-state index is 0.0198. The molecule has 6 heteroatoms. The molecule has 1 fully saturated rings. The van der Waals surface area contributed by atoms with E-state index in [1.807, 2.05) is 0 Å². The third-order valence-electron chi connectivity index (χ3n) is 3.25. The maximum atomic E-state index is 12.3. The van der Waals surface area contributed by atoms with Crippen LogP contribution in [0.4, 0.5) is 0 Å². The first kappa shape index (κ1) is 12.6. The summed E-state index contributed by atoms with van der Waals surface area (Å²) in [6.45, 7) is 0.631. The van der Waals surface area contributed by atoms with Crippen LogP contribution in [0.15, 0.2) is 12.4 Å². The lowest BCUT2D eigenvalue weighted by molar-refractivity contribution is -0.138. The Morgan fingerprint density at radius 2 is 2.28 bits per heavy atom. The van der Waals surface area contributed by atoms with Crippen LogP contribution in [0.2, 0.25) is 0 Å². The first-order chi connectivity index (χ1) is 8.58. The van der Waals surface area contributed by atoms with Gasteiger partial charge in [0.1, 0.15) is 0 Å². The zero-order chi connectivity index (χ0) is 13.1. The maximum absolute atomic E-state index is 12.3. The molecular weight excluding hydrogens is 234 g/mol. The summed E-state index contributed by atoms with van der Waals surface area (Å²) < 4.78 is 1.57. The van der Waals surface area contributed by atoms with E-state index in [2.05, 4.69) is 5.10 Å². The average Bonchev–Trinajstić information content (AvgIpc) is 2.75. The van der Waals surface area contributed by atoms with E-state index in [0.717, 1.165) is 19.3 Å². The highest BCUT2D eigenvalue weighted by atomic mass is 16.4. The summed E-state index contributed by atoms with van der Waals surface area (Å²) >= 11 is 0. The molecule has 1 aliphatic heterocycles. The van der Waals surface area contributed by atoms with Crippen LogP contribution < -0.4 is 0 Å². The third-order valence-corrected chi connectivity index (χ3v) is 3.25. The van der Waals surface area contributed by atoms with Crippen LogP contribution in [0.3, 0.4) is 0 Å². The molecular formula is C12H17N3O3. The number of rotatable bonds is 3. The molecule has 1 atom stereocenters. The fourth-order valence-electron chi connectivity index (χ4n) is 2.38. The maximum Gasteiger partial charge on any atom is 0.305 e. The number of carboxylic acids is 1. The van der Waals surface area contributed by atoms with Gasteiger partial charge in [-0.1, -0.05) is 0 Å². The summed E-state index contributed by atoms with van der Waals surface area (Å²) in [5, 5.41) is 12.9. The average molecular weight is 251 g/mol. The third kappa shape index (κ3) is 2.69. The molecule has 2 heterocycles. The Kier molecular flexibility index (Phi) is 3.64. The van der Waals surface area contributed by atoms with Gasteiger partial charge in [0.25, 0.3) is 5.91 Å². The van der Waals surface area contributed by atoms with E-state index in [1.54, 1.807) is 22.8 Å². The number of carbonyl (C=O) groups is 2. The minimum Gasteiger partial charge on any atom is -0.481 e. The zero-order valence-electron chi connectivity index (χ0n) is 10.4. The predicted octanol–water partition coefficient (Wildman–Crippen LogP) is 0.889. The quantitative estimate of drug-likeness (QED) is 0.865. The first-order valence-corrected chi connectivity index (χ1v) is 6.09. The Morgan fingerprint density at radius 1 is 1.50 bits per heavy atom. The molecule has 1 aromatic heterocycles. The van der Waals surface area contributed by atoms with Crippen molar-refractivity contribution in [3.63, 3.8) is 0 Å². The van der Waals surface area contributed by atoms with Crippen molar-refractivity contribution < 1.29 is 14.7 Å². The number of hydrogen-bond acceptors (Lipinski definition) is 3. The molecule has 0 bridgehead atoms. The van der Waals surface area contributed by atoms with Crippen molar-refractivity contribution in [1.82, 2.24) is 14.7 Å². The minimum atomic E-state index is -0.856. The van der Waals surface area contributed by atoms with Crippen LogP contribution in [0, 0.1) is 0 Å². The lowest BCUT2D eigenvalue weighted by Crippen LogP contribution is -2.44. The number of aliphatic carboxylic acids is 1. The van der Waals surface area contributed by atoms with Crippen molar-refractivity contribution >= 4 is 11.9 Å². The highest BCUT2D eigenvalue weighted by Gasteiger charge is 2.29. The van der Waals surface area contributed by atoms with Gasteiger partial charge in [-0.25, -0.2) is 0 Å². The van der Waals surface area contributed by atoms with Gasteiger partial charge in [0.2, 0.25) is 0 Å². The molecule has 98 valence electrons. The van der Waals surface area contributed by atoms with Crippen LogP contribution >= 0.6 is 0 Å². The molecule has 0 aromatic carbocycles. The van der Waals surface area contributed by atoms with E-state index in [4.69, 9.17) is 5.11 Å². The van der Waals surface area contributed by atoms with Crippen LogP contribution in [0.1, 0.15) is 36.0 Å². The highest BCUT2D eigenvalue weighted by Crippen LogP contribution is 2.21. The Bertz CT molecular complexity index is 455. The second-order valence-corrected chi connectivity index (χ2v) is 4.65. The molecule has 2 rings (SSSR count). The van der Waals surface area contributed by atoms with Crippen molar-refractivity contribution in [2.75, 3.05) is 6.54 Å². The van der Waals surface area contributed by atoms with Crippen LogP contribution in [-0.2, 0) is 11.8 Å². The Hall–Kier alpha value is -1.85. The smallest absolute Gasteiger partial charge is 0.305 e. The van der Waals surface area contributed by atoms with Gasteiger partial charge in [-0.15, -0.1) is 0 Å². The van der Waals surface area contributed by atoms with E-state index in [-0.39, 0.29) is 18.4 Å². The van der Waals surface area contributed by atoms with Crippen LogP contribution in [0.25, 0.3) is 0 Å². The van der Waals surface area contributed by atoms with Gasteiger partial charge in [0, 0.05) is 25.8 Å². The van der Waals surface area contributed by atoms with E-state index in [1.165, 1.54) is 6.20 Å². The van der Waals surface area contributed by atoms with Gasteiger partial charge in [0.15, 0.2) is 0 Å². The largest absolute Gasteiger partial charge is 0.481 e. The summed E-state index contributed by atoms with van der Waals surface area (Å²) in [5.74, 6) is -0.972. The SMILES string of the molecule is Cn1cc(C(=O)N2CCCCC2CC(=O)O)cn1. The number of amides is 1. The summed E-state index contributed by atoms with van der Waals surface area (Å²) in [6, 6.07) is -0.191. The molecule has 1 unspecified atom stereocenters. The first-order valence-electron chi connectivity index (χ1n) is 6.09.